The van der Waals surface area contributed by atoms with Crippen LogP contribution in [0.5, 0.6) is 0 Å². The monoisotopic (exact) mass is 667 g/mol. The van der Waals surface area contributed by atoms with Gasteiger partial charge in [-0.15, -0.1) is 11.8 Å². The molecule has 1 N–H and O–H groups in total. The number of likely N-dealkylation sites (tertiary alicyclic amines) is 1. The summed E-state index contributed by atoms with van der Waals surface area (Å²) >= 11 is 1.35. The lowest BCUT2D eigenvalue weighted by molar-refractivity contribution is -0.348. The minimum absolute atomic E-state index is 0.114. The number of carbonyl (C=O) groups is 2. The maximum Gasteiger partial charge on any atom is 0.435 e. The van der Waals surface area contributed by atoms with Gasteiger partial charge in [-0.25, -0.2) is 4.39 Å². The summed E-state index contributed by atoms with van der Waals surface area (Å²) in [6.45, 7) is 2.35. The first-order chi connectivity index (χ1) is 21.5. The van der Waals surface area contributed by atoms with E-state index in [2.05, 4.69) is 0 Å². The Hall–Kier alpha value is -3.54. The van der Waals surface area contributed by atoms with Crippen molar-refractivity contribution in [3.05, 3.63) is 89.5 Å². The van der Waals surface area contributed by atoms with Crippen LogP contribution in [0, 0.1) is 18.8 Å². The van der Waals surface area contributed by atoms with Crippen LogP contribution >= 0.6 is 11.8 Å². The van der Waals surface area contributed by atoms with Gasteiger partial charge in [0.25, 0.3) is 0 Å². The van der Waals surface area contributed by atoms with Gasteiger partial charge in [-0.3, -0.25) is 9.59 Å². The summed E-state index contributed by atoms with van der Waals surface area (Å²) in [4.78, 5) is 27.4. The van der Waals surface area contributed by atoms with Gasteiger partial charge < -0.3 is 10.0 Å². The van der Waals surface area contributed by atoms with Crippen LogP contribution in [0.4, 0.5) is 30.7 Å². The lowest BCUT2D eigenvalue weighted by Gasteiger charge is -2.33. The van der Waals surface area contributed by atoms with Gasteiger partial charge in [0.2, 0.25) is 5.91 Å². The number of alkyl halides is 7. The van der Waals surface area contributed by atoms with Crippen LogP contribution in [-0.2, 0) is 20.0 Å². The standard InChI is InChI=1S/C34H32F7NO3S/c1-21-4-2-5-24(18-21)25-6-3-7-28(19-25)46-31(16-17-42(20-31)29(43)22-8-10-23(11-9-22)30(44)45)26-12-14-27(15-13-26)32(35,33(36,37)38)34(39,40)41/h2-7,12-15,18-19,22-23H,8-11,16-17,20H2,1H3,(H,44,45). The van der Waals surface area contributed by atoms with Crippen LogP contribution in [-0.4, -0.2) is 47.3 Å². The van der Waals surface area contributed by atoms with E-state index in [1.165, 1.54) is 11.8 Å². The molecule has 2 fully saturated rings. The number of hydrogen-bond acceptors (Lipinski definition) is 3. The third kappa shape index (κ3) is 6.50. The molecule has 0 spiro atoms. The second kappa shape index (κ2) is 12.6. The van der Waals surface area contributed by atoms with Gasteiger partial charge >= 0.3 is 24.0 Å². The van der Waals surface area contributed by atoms with Gasteiger partial charge in [0.05, 0.1) is 10.7 Å². The number of hydrogen-bond donors (Lipinski definition) is 1. The van der Waals surface area contributed by atoms with Gasteiger partial charge in [-0.1, -0.05) is 66.2 Å². The van der Waals surface area contributed by atoms with Crippen molar-refractivity contribution in [1.82, 2.24) is 4.90 Å². The van der Waals surface area contributed by atoms with Crippen molar-refractivity contribution in [3.63, 3.8) is 0 Å². The minimum atomic E-state index is -6.23. The average Bonchev–Trinajstić information content (AvgIpc) is 3.44. The Morgan fingerprint density at radius 2 is 1.37 bits per heavy atom. The lowest BCUT2D eigenvalue weighted by atomic mass is 9.81. The van der Waals surface area contributed by atoms with E-state index in [0.717, 1.165) is 33.7 Å². The normalized spacial score (nSPS) is 22.6. The molecule has 4 nitrogen and oxygen atoms in total. The number of nitrogens with zero attached hydrogens (tertiary/aromatic N) is 1. The predicted molar refractivity (Wildman–Crippen MR) is 160 cm³/mol. The fourth-order valence-electron chi connectivity index (χ4n) is 6.47. The Balaban J connectivity index is 1.48. The fraction of sp³-hybridized carbons (Fsp3) is 0.412. The number of aliphatic carboxylic acids is 1. The molecule has 1 saturated heterocycles. The number of carboxylic acid groups (broad SMARTS) is 1. The number of thioether (sulfide) groups is 1. The zero-order valence-electron chi connectivity index (χ0n) is 24.8. The van der Waals surface area contributed by atoms with Crippen molar-refractivity contribution >= 4 is 23.6 Å². The number of amides is 1. The molecule has 1 aliphatic carbocycles. The van der Waals surface area contributed by atoms with Crippen LogP contribution in [0.25, 0.3) is 11.1 Å². The third-order valence-corrected chi connectivity index (χ3v) is 10.5. The van der Waals surface area contributed by atoms with E-state index >= 15 is 0 Å². The second-order valence-corrected chi connectivity index (χ2v) is 13.6. The molecule has 1 heterocycles. The van der Waals surface area contributed by atoms with Crippen LogP contribution in [0.15, 0.2) is 77.7 Å². The Morgan fingerprint density at radius 3 is 1.93 bits per heavy atom. The molecule has 0 radical (unpaired) electrons. The van der Waals surface area contributed by atoms with Gasteiger partial charge in [0, 0.05) is 29.5 Å². The summed E-state index contributed by atoms with van der Waals surface area (Å²) in [6.07, 6.45) is -10.6. The molecule has 3 aromatic rings. The van der Waals surface area contributed by atoms with E-state index in [1.807, 2.05) is 55.5 Å². The lowest BCUT2D eigenvalue weighted by Crippen LogP contribution is -2.50. The number of halogens is 7. The number of aryl methyl sites for hydroxylation is 1. The van der Waals surface area contributed by atoms with E-state index in [-0.39, 0.29) is 24.9 Å². The Morgan fingerprint density at radius 1 is 0.804 bits per heavy atom. The van der Waals surface area contributed by atoms with Crippen molar-refractivity contribution < 1.29 is 45.4 Å². The number of carboxylic acids is 1. The van der Waals surface area contributed by atoms with Crippen molar-refractivity contribution in [2.75, 3.05) is 13.1 Å². The summed E-state index contributed by atoms with van der Waals surface area (Å²) in [5.74, 6) is -1.94. The highest BCUT2D eigenvalue weighted by Gasteiger charge is 2.73. The maximum atomic E-state index is 14.8. The molecule has 46 heavy (non-hydrogen) atoms. The average molecular weight is 668 g/mol. The summed E-state index contributed by atoms with van der Waals surface area (Å²) < 4.78 is 94.6. The van der Waals surface area contributed by atoms with Gasteiger partial charge in [0.15, 0.2) is 0 Å². The van der Waals surface area contributed by atoms with Crippen LogP contribution < -0.4 is 0 Å². The Bertz CT molecular complexity index is 1570. The number of carbonyl (C=O) groups excluding carboxylic acids is 1. The van der Waals surface area contributed by atoms with Crippen molar-refractivity contribution in [2.45, 2.75) is 66.7 Å². The first-order valence-electron chi connectivity index (χ1n) is 14.9. The number of rotatable bonds is 7. The number of benzene rings is 3. The molecule has 3 aromatic carbocycles. The highest BCUT2D eigenvalue weighted by molar-refractivity contribution is 8.00. The first-order valence-corrected chi connectivity index (χ1v) is 15.7. The van der Waals surface area contributed by atoms with E-state index in [1.54, 1.807) is 4.90 Å². The van der Waals surface area contributed by atoms with Crippen LogP contribution in [0.2, 0.25) is 0 Å². The summed E-state index contributed by atoms with van der Waals surface area (Å²) in [7, 11) is 0. The molecular weight excluding hydrogens is 635 g/mol. The van der Waals surface area contributed by atoms with E-state index in [0.29, 0.717) is 49.8 Å². The summed E-state index contributed by atoms with van der Waals surface area (Å²) in [5.41, 5.74) is -3.85. The van der Waals surface area contributed by atoms with Crippen molar-refractivity contribution in [2.24, 2.45) is 11.8 Å². The zero-order valence-corrected chi connectivity index (χ0v) is 25.6. The van der Waals surface area contributed by atoms with Crippen molar-refractivity contribution in [1.29, 1.82) is 0 Å². The van der Waals surface area contributed by atoms with Crippen molar-refractivity contribution in [3.8, 4) is 11.1 Å². The molecular formula is C34H32F7NO3S. The first kappa shape index (κ1) is 33.8. The summed E-state index contributed by atoms with van der Waals surface area (Å²) in [6, 6.07) is 18.6. The van der Waals surface area contributed by atoms with Crippen LogP contribution in [0.1, 0.15) is 48.8 Å². The Labute approximate surface area is 266 Å². The molecule has 5 rings (SSSR count). The molecule has 2 aliphatic rings. The largest absolute Gasteiger partial charge is 0.481 e. The zero-order chi connectivity index (χ0) is 33.5. The molecule has 1 unspecified atom stereocenters. The SMILES string of the molecule is Cc1cccc(-c2cccc(SC3(c4ccc(C(F)(C(F)(F)F)C(F)(F)F)cc4)CCN(C(=O)C4CCC(C(=O)O)CC4)C3)c2)c1. The quantitative estimate of drug-likeness (QED) is 0.256. The predicted octanol–water partition coefficient (Wildman–Crippen LogP) is 9.06. The third-order valence-electron chi connectivity index (χ3n) is 9.06. The molecule has 12 heteroatoms. The topological polar surface area (TPSA) is 57.6 Å². The maximum absolute atomic E-state index is 14.8. The van der Waals surface area contributed by atoms with E-state index in [9.17, 15) is 45.4 Å². The molecule has 1 aliphatic heterocycles. The second-order valence-electron chi connectivity index (χ2n) is 12.1. The molecule has 1 saturated carbocycles. The van der Waals surface area contributed by atoms with Crippen LogP contribution in [0.3, 0.4) is 0 Å². The smallest absolute Gasteiger partial charge is 0.435 e. The highest BCUT2D eigenvalue weighted by Crippen LogP contribution is 2.54. The van der Waals surface area contributed by atoms with E-state index in [4.69, 9.17) is 0 Å². The molecule has 0 bridgehead atoms. The van der Waals surface area contributed by atoms with Gasteiger partial charge in [0.1, 0.15) is 0 Å². The highest BCUT2D eigenvalue weighted by atomic mass is 32.2. The molecule has 1 amide bonds. The Kier molecular flexibility index (Phi) is 9.24. The fourth-order valence-corrected chi connectivity index (χ4v) is 7.93. The molecule has 1 atom stereocenters. The summed E-state index contributed by atoms with van der Waals surface area (Å²) in [5, 5.41) is 9.33. The van der Waals surface area contributed by atoms with Gasteiger partial charge in [-0.2, -0.15) is 26.3 Å². The minimum Gasteiger partial charge on any atom is -0.481 e. The van der Waals surface area contributed by atoms with Gasteiger partial charge in [-0.05, 0) is 67.9 Å². The molecule has 0 aromatic heterocycles. The molecule has 246 valence electrons. The van der Waals surface area contributed by atoms with E-state index < -0.39 is 40.2 Å².